The highest BCUT2D eigenvalue weighted by atomic mass is 127. The lowest BCUT2D eigenvalue weighted by Crippen LogP contribution is -3.00. The molecule has 15 heteroatoms. The molecule has 2 amide bonds. The maximum absolute atomic E-state index is 12.6. The van der Waals surface area contributed by atoms with E-state index in [-0.39, 0.29) is 43.2 Å². The van der Waals surface area contributed by atoms with E-state index in [1.54, 1.807) is 14.1 Å². The number of fused-ring (bicyclic) bond motifs is 10. The number of benzene rings is 2. The second-order valence-electron chi connectivity index (χ2n) is 16.3. The third kappa shape index (κ3) is 8.25. The van der Waals surface area contributed by atoms with Crippen molar-refractivity contribution in [2.24, 2.45) is 0 Å². The first-order valence-electron chi connectivity index (χ1n) is 20.5. The van der Waals surface area contributed by atoms with Gasteiger partial charge in [-0.25, -0.2) is 19.9 Å². The number of amides is 2. The van der Waals surface area contributed by atoms with Gasteiger partial charge in [-0.2, -0.15) is 0 Å². The molecule has 6 aromatic heterocycles. The summed E-state index contributed by atoms with van der Waals surface area (Å²) in [6.45, 7) is 8.34. The van der Waals surface area contributed by atoms with Gasteiger partial charge >= 0.3 is 0 Å². The number of imidazole rings is 2. The molecule has 10 rings (SSSR count). The van der Waals surface area contributed by atoms with Gasteiger partial charge in [-0.1, -0.05) is 31.7 Å². The zero-order chi connectivity index (χ0) is 40.8. The molecule has 14 nitrogen and oxygen atoms in total. The van der Waals surface area contributed by atoms with Crippen molar-refractivity contribution in [3.05, 3.63) is 96.1 Å². The largest absolute Gasteiger partial charge is 1.00 e. The van der Waals surface area contributed by atoms with E-state index < -0.39 is 0 Å². The SMILES string of the molecule is C.CNC(=O)c1cc2ccc(N3CCCN(C)CC3)nc2n2c1nc1ccccc12.CNC(=O)c1cc2ccc(N3CCC[N+](C)(C)CC3)nc2n2c1nc1ccccc12.[I-]. The van der Waals surface area contributed by atoms with E-state index in [4.69, 9.17) is 19.9 Å². The van der Waals surface area contributed by atoms with E-state index in [2.05, 4.69) is 70.7 Å². The van der Waals surface area contributed by atoms with Crippen molar-refractivity contribution in [2.75, 3.05) is 97.4 Å². The van der Waals surface area contributed by atoms with Crippen LogP contribution in [-0.2, 0) is 0 Å². The van der Waals surface area contributed by atoms with Crippen LogP contribution in [-0.4, -0.2) is 138 Å². The zero-order valence-corrected chi connectivity index (χ0v) is 37.0. The number of halogens is 1. The van der Waals surface area contributed by atoms with Crippen molar-refractivity contribution in [1.82, 2.24) is 44.3 Å². The van der Waals surface area contributed by atoms with Crippen LogP contribution in [0.1, 0.15) is 41.0 Å². The van der Waals surface area contributed by atoms with Crippen LogP contribution >= 0.6 is 0 Å². The van der Waals surface area contributed by atoms with E-state index in [1.807, 2.05) is 69.5 Å². The number of hydrogen-bond acceptors (Lipinski definition) is 9. The number of nitrogens with zero attached hydrogens (tertiary/aromatic N) is 10. The summed E-state index contributed by atoms with van der Waals surface area (Å²) >= 11 is 0. The Kier molecular flexibility index (Phi) is 12.6. The highest BCUT2D eigenvalue weighted by Gasteiger charge is 2.24. The molecule has 0 atom stereocenters. The summed E-state index contributed by atoms with van der Waals surface area (Å²) in [7, 11) is 10.0. The third-order valence-corrected chi connectivity index (χ3v) is 11.9. The molecule has 2 aliphatic heterocycles. The molecule has 318 valence electrons. The molecule has 8 aromatic rings. The predicted octanol–water partition coefficient (Wildman–Crippen LogP) is 2.86. The van der Waals surface area contributed by atoms with Crippen molar-refractivity contribution >= 4 is 78.9 Å². The predicted molar refractivity (Wildman–Crippen MR) is 243 cm³/mol. The van der Waals surface area contributed by atoms with Crippen LogP contribution in [0.2, 0.25) is 0 Å². The van der Waals surface area contributed by atoms with Crippen molar-refractivity contribution in [1.29, 1.82) is 0 Å². The van der Waals surface area contributed by atoms with E-state index in [9.17, 15) is 9.59 Å². The molecule has 2 saturated heterocycles. The minimum atomic E-state index is -0.146. The van der Waals surface area contributed by atoms with E-state index in [0.717, 1.165) is 119 Å². The summed E-state index contributed by atoms with van der Waals surface area (Å²) in [4.78, 5) is 51.8. The summed E-state index contributed by atoms with van der Waals surface area (Å²) < 4.78 is 5.08. The van der Waals surface area contributed by atoms with E-state index in [0.29, 0.717) is 22.4 Å². The number of hydrogen-bond donors (Lipinski definition) is 2. The zero-order valence-electron chi connectivity index (χ0n) is 34.8. The van der Waals surface area contributed by atoms with Gasteiger partial charge in [-0.3, -0.25) is 18.4 Å². The van der Waals surface area contributed by atoms with Gasteiger partial charge in [0.1, 0.15) is 22.9 Å². The molecule has 0 unspecified atom stereocenters. The van der Waals surface area contributed by atoms with Crippen molar-refractivity contribution < 1.29 is 38.0 Å². The first-order chi connectivity index (χ1) is 28.6. The van der Waals surface area contributed by atoms with Crippen LogP contribution in [0.4, 0.5) is 11.6 Å². The average Bonchev–Trinajstić information content (AvgIpc) is 3.69. The van der Waals surface area contributed by atoms with Gasteiger partial charge in [-0.05, 0) is 80.7 Å². The minimum absolute atomic E-state index is 0. The Hall–Kier alpha value is -5.65. The molecular formula is C46H55IN12O2. The summed E-state index contributed by atoms with van der Waals surface area (Å²) in [5.41, 5.74) is 7.69. The van der Waals surface area contributed by atoms with Crippen LogP contribution in [0.25, 0.3) is 55.4 Å². The van der Waals surface area contributed by atoms with E-state index >= 15 is 0 Å². The van der Waals surface area contributed by atoms with Gasteiger partial charge in [0.05, 0.1) is 66.9 Å². The molecule has 2 fully saturated rings. The molecule has 8 heterocycles. The molecule has 2 aliphatic rings. The van der Waals surface area contributed by atoms with Crippen molar-refractivity contribution in [3.8, 4) is 0 Å². The summed E-state index contributed by atoms with van der Waals surface area (Å²) in [6.07, 6.45) is 2.26. The Morgan fingerprint density at radius 1 is 0.574 bits per heavy atom. The molecule has 2 aromatic carbocycles. The van der Waals surface area contributed by atoms with Gasteiger partial charge in [-0.15, -0.1) is 0 Å². The lowest BCUT2D eigenvalue weighted by Gasteiger charge is -2.28. The molecule has 0 aliphatic carbocycles. The number of para-hydroxylation sites is 4. The topological polar surface area (TPSA) is 128 Å². The number of anilines is 2. The number of likely N-dealkylation sites (N-methyl/N-ethyl adjacent to an activating group) is 2. The molecule has 0 saturated carbocycles. The molecule has 0 bridgehead atoms. The maximum Gasteiger partial charge on any atom is 0.254 e. The molecule has 61 heavy (non-hydrogen) atoms. The number of aromatic nitrogens is 6. The lowest BCUT2D eigenvalue weighted by molar-refractivity contribution is -0.887. The Balaban J connectivity index is 0.000000178. The number of carbonyl (C=O) groups excluding carboxylic acids is 2. The fraction of sp³-hybridized carbons (Fsp3) is 0.348. The van der Waals surface area contributed by atoms with Gasteiger partial charge in [0.25, 0.3) is 11.8 Å². The number of rotatable bonds is 4. The highest BCUT2D eigenvalue weighted by molar-refractivity contribution is 6.06. The lowest BCUT2D eigenvalue weighted by atomic mass is 10.2. The fourth-order valence-electron chi connectivity index (χ4n) is 8.53. The van der Waals surface area contributed by atoms with Crippen LogP contribution in [0, 0.1) is 0 Å². The monoisotopic (exact) mass is 934 g/mol. The van der Waals surface area contributed by atoms with Gasteiger partial charge in [0.2, 0.25) is 0 Å². The second-order valence-corrected chi connectivity index (χ2v) is 16.3. The van der Waals surface area contributed by atoms with Crippen molar-refractivity contribution in [3.63, 3.8) is 0 Å². The van der Waals surface area contributed by atoms with Crippen LogP contribution in [0.5, 0.6) is 0 Å². The first-order valence-corrected chi connectivity index (χ1v) is 20.5. The second kappa shape index (κ2) is 17.8. The van der Waals surface area contributed by atoms with Gasteiger partial charge < -0.3 is 53.8 Å². The minimum Gasteiger partial charge on any atom is -1.00 e. The van der Waals surface area contributed by atoms with E-state index in [1.165, 1.54) is 6.54 Å². The summed E-state index contributed by atoms with van der Waals surface area (Å²) in [6, 6.07) is 28.0. The Labute approximate surface area is 373 Å². The number of pyridine rings is 4. The van der Waals surface area contributed by atoms with Crippen molar-refractivity contribution in [2.45, 2.75) is 20.3 Å². The smallest absolute Gasteiger partial charge is 0.254 e. The summed E-state index contributed by atoms with van der Waals surface area (Å²) in [5.74, 6) is 1.66. The summed E-state index contributed by atoms with van der Waals surface area (Å²) in [5, 5.41) is 7.32. The molecule has 0 spiro atoms. The Bertz CT molecular complexity index is 2910. The van der Waals surface area contributed by atoms with Gasteiger partial charge in [0, 0.05) is 57.5 Å². The number of carbonyl (C=O) groups is 2. The molecule has 0 radical (unpaired) electrons. The van der Waals surface area contributed by atoms with Crippen LogP contribution in [0.15, 0.2) is 84.9 Å². The standard InChI is InChI=1S/C23H26N6O.C22H24N6O.CH4.HI/c1-24-23(30)17-15-16-9-10-20(27-11-6-13-29(2,3)14-12-27)26-21(16)28-19-8-5-4-7-18(19)25-22(17)28;1-23-22(29)16-14-15-8-9-19(27-11-5-10-26(2)12-13-27)25-20(15)28-18-7-4-3-6-17(18)24-21(16)28;;/h4-5,7-10,15H,6,11-14H2,1-3H3;3-4,6-9,14H,5,10-13H2,1-2H3,(H,23,29);1H4;1H. The average molecular weight is 935 g/mol. The number of quaternary nitrogens is 1. The normalized spacial score (nSPS) is 15.8. The van der Waals surface area contributed by atoms with Gasteiger partial charge in [0.15, 0.2) is 11.3 Å². The maximum atomic E-state index is 12.6. The third-order valence-electron chi connectivity index (χ3n) is 11.9. The molecule has 2 N–H and O–H groups in total. The van der Waals surface area contributed by atoms with Crippen LogP contribution < -0.4 is 44.4 Å². The molecular weight excluding hydrogens is 879 g/mol. The van der Waals surface area contributed by atoms with Crippen LogP contribution in [0.3, 0.4) is 0 Å². The fourth-order valence-corrected chi connectivity index (χ4v) is 8.53. The first kappa shape index (κ1) is 43.4. The highest BCUT2D eigenvalue weighted by Crippen LogP contribution is 2.29. The Morgan fingerprint density at radius 3 is 1.59 bits per heavy atom. The Morgan fingerprint density at radius 2 is 1.07 bits per heavy atom. The quantitative estimate of drug-likeness (QED) is 0.203. The number of nitrogens with one attached hydrogen (secondary N) is 2.